The van der Waals surface area contributed by atoms with Crippen LogP contribution in [0.4, 0.5) is 0 Å². The van der Waals surface area contributed by atoms with Gasteiger partial charge in [0.2, 0.25) is 0 Å². The van der Waals surface area contributed by atoms with Gasteiger partial charge in [0.1, 0.15) is 13.2 Å². The van der Waals surface area contributed by atoms with Gasteiger partial charge in [-0.2, -0.15) is 0 Å². The van der Waals surface area contributed by atoms with Crippen molar-refractivity contribution < 1.29 is 28.6 Å². The second-order valence-corrected chi connectivity index (χ2v) is 22.0. The quantitative estimate of drug-likeness (QED) is 0.0261. The molecule has 0 radical (unpaired) electrons. The Labute approximate surface area is 506 Å². The number of unbranched alkanes of at least 4 members (excludes halogenated alkanes) is 25. The summed E-state index contributed by atoms with van der Waals surface area (Å²) in [5, 5.41) is 0. The zero-order valence-corrected chi connectivity index (χ0v) is 53.2. The summed E-state index contributed by atoms with van der Waals surface area (Å²) in [6.45, 7) is 6.38. The molecule has 1 unspecified atom stereocenters. The van der Waals surface area contributed by atoms with Crippen molar-refractivity contribution in [3.05, 3.63) is 146 Å². The zero-order chi connectivity index (χ0) is 59.2. The molecule has 6 nitrogen and oxygen atoms in total. The van der Waals surface area contributed by atoms with E-state index in [0.717, 1.165) is 167 Å². The SMILES string of the molecule is CC/C=C\C/C=C\C/C=C\C/C=C\C/C=C\CCCCCCCCCCCC(=O)OCC(COC(=O)CCCCCCC/C=C\C/C=C\CCCCCC)OC(=O)CCCCCCCCC/C=C\C/C=C\C/C=C\C/C=C\C/C=C\CC. The van der Waals surface area contributed by atoms with Crippen LogP contribution in [0.5, 0.6) is 0 Å². The molecule has 0 saturated heterocycles. The fourth-order valence-electron chi connectivity index (χ4n) is 9.06. The lowest BCUT2D eigenvalue weighted by atomic mass is 10.1. The van der Waals surface area contributed by atoms with Crippen LogP contribution in [0.15, 0.2) is 146 Å². The Morgan fingerprint density at radius 2 is 0.476 bits per heavy atom. The summed E-state index contributed by atoms with van der Waals surface area (Å²) in [4.78, 5) is 38.4. The molecule has 6 heteroatoms. The summed E-state index contributed by atoms with van der Waals surface area (Å²) >= 11 is 0. The summed E-state index contributed by atoms with van der Waals surface area (Å²) in [7, 11) is 0. The Hall–Kier alpha value is -4.71. The molecule has 0 aliphatic heterocycles. The second kappa shape index (κ2) is 68.8. The van der Waals surface area contributed by atoms with E-state index in [4.69, 9.17) is 14.2 Å². The molecular formula is C76H124O6. The van der Waals surface area contributed by atoms with Crippen molar-refractivity contribution in [3.63, 3.8) is 0 Å². The van der Waals surface area contributed by atoms with Crippen molar-refractivity contribution in [3.8, 4) is 0 Å². The van der Waals surface area contributed by atoms with Crippen LogP contribution in [0.1, 0.15) is 297 Å². The molecule has 0 aromatic rings. The molecule has 0 aliphatic carbocycles. The summed E-state index contributed by atoms with van der Waals surface area (Å²) < 4.78 is 17.0. The molecule has 0 aromatic heterocycles. The van der Waals surface area contributed by atoms with E-state index < -0.39 is 6.10 Å². The molecule has 0 N–H and O–H groups in total. The lowest BCUT2D eigenvalue weighted by molar-refractivity contribution is -0.167. The van der Waals surface area contributed by atoms with Crippen LogP contribution in [-0.4, -0.2) is 37.2 Å². The van der Waals surface area contributed by atoms with Crippen molar-refractivity contribution >= 4 is 17.9 Å². The minimum atomic E-state index is -0.801. The number of ether oxygens (including phenoxy) is 3. The topological polar surface area (TPSA) is 78.9 Å². The van der Waals surface area contributed by atoms with Gasteiger partial charge < -0.3 is 14.2 Å². The second-order valence-electron chi connectivity index (χ2n) is 22.0. The number of carbonyl (C=O) groups excluding carboxylic acids is 3. The van der Waals surface area contributed by atoms with Gasteiger partial charge in [-0.1, -0.05) is 282 Å². The Bertz CT molecular complexity index is 1780. The molecule has 464 valence electrons. The highest BCUT2D eigenvalue weighted by Gasteiger charge is 2.19. The van der Waals surface area contributed by atoms with E-state index in [9.17, 15) is 14.4 Å². The van der Waals surface area contributed by atoms with Gasteiger partial charge in [0.15, 0.2) is 6.10 Å². The average molecular weight is 1130 g/mol. The minimum absolute atomic E-state index is 0.0949. The van der Waals surface area contributed by atoms with Gasteiger partial charge in [-0.05, 0) is 141 Å². The largest absolute Gasteiger partial charge is 0.462 e. The fraction of sp³-hybridized carbons (Fsp3) is 0.645. The summed E-state index contributed by atoms with van der Waals surface area (Å²) in [6.07, 6.45) is 98.5. The summed E-state index contributed by atoms with van der Waals surface area (Å²) in [5.41, 5.74) is 0. The Kier molecular flexibility index (Phi) is 64.8. The summed E-state index contributed by atoms with van der Waals surface area (Å²) in [5.74, 6) is -0.922. The van der Waals surface area contributed by atoms with E-state index in [1.807, 2.05) is 0 Å². The first-order valence-electron chi connectivity index (χ1n) is 33.8. The highest BCUT2D eigenvalue weighted by atomic mass is 16.6. The van der Waals surface area contributed by atoms with Crippen molar-refractivity contribution in [2.45, 2.75) is 303 Å². The van der Waals surface area contributed by atoms with E-state index in [0.29, 0.717) is 19.3 Å². The Morgan fingerprint density at radius 1 is 0.256 bits per heavy atom. The van der Waals surface area contributed by atoms with E-state index in [1.165, 1.54) is 89.9 Å². The molecule has 1 atom stereocenters. The predicted octanol–water partition coefficient (Wildman–Crippen LogP) is 23.5. The minimum Gasteiger partial charge on any atom is -0.462 e. The van der Waals surface area contributed by atoms with Crippen molar-refractivity contribution in [1.82, 2.24) is 0 Å². The number of rotatable bonds is 60. The molecule has 0 bridgehead atoms. The third-order valence-electron chi connectivity index (χ3n) is 14.1. The van der Waals surface area contributed by atoms with Crippen LogP contribution in [0, 0.1) is 0 Å². The lowest BCUT2D eigenvalue weighted by Crippen LogP contribution is -2.30. The van der Waals surface area contributed by atoms with E-state index in [1.54, 1.807) is 0 Å². The first kappa shape index (κ1) is 77.3. The maximum atomic E-state index is 13.0. The zero-order valence-electron chi connectivity index (χ0n) is 53.2. The van der Waals surface area contributed by atoms with Crippen LogP contribution in [0.2, 0.25) is 0 Å². The maximum Gasteiger partial charge on any atom is 0.306 e. The van der Waals surface area contributed by atoms with E-state index in [-0.39, 0.29) is 31.1 Å². The molecule has 0 saturated carbocycles. The van der Waals surface area contributed by atoms with Gasteiger partial charge in [0.05, 0.1) is 0 Å². The number of esters is 3. The van der Waals surface area contributed by atoms with E-state index >= 15 is 0 Å². The number of hydrogen-bond donors (Lipinski definition) is 0. The van der Waals surface area contributed by atoms with Gasteiger partial charge in [-0.25, -0.2) is 0 Å². The molecular weight excluding hydrogens is 1010 g/mol. The predicted molar refractivity (Wildman–Crippen MR) is 357 cm³/mol. The fourth-order valence-corrected chi connectivity index (χ4v) is 9.06. The maximum absolute atomic E-state index is 13.0. The van der Waals surface area contributed by atoms with Crippen LogP contribution >= 0.6 is 0 Å². The van der Waals surface area contributed by atoms with Gasteiger partial charge in [-0.15, -0.1) is 0 Å². The Morgan fingerprint density at radius 3 is 0.744 bits per heavy atom. The first-order valence-corrected chi connectivity index (χ1v) is 33.8. The molecule has 0 heterocycles. The standard InChI is InChI=1S/C76H124O6/c1-4-7-10-13-16-19-22-25-28-31-33-35-37-38-40-41-43-45-48-51-54-57-60-63-66-69-75(78)81-72-73(71-80-74(77)68-65-62-59-56-53-50-47-30-27-24-21-18-15-12-9-6-3)82-76(79)70-67-64-61-58-55-52-49-46-44-42-39-36-34-32-29-26-23-20-17-14-11-8-5-2/h7-8,10-11,16-17,19-21,24-26,28-30,33-36,38,40,42,44,47,73H,4-6,9,12-15,18,22-23,27,31-32,37,39,41,43,45-46,48-72H2,1-3H3/b10-7-,11-8-,19-16-,20-17-,24-21-,28-25-,29-26-,35-33-,36-34-,40-38-,44-42-,47-30-. The van der Waals surface area contributed by atoms with Crippen LogP contribution < -0.4 is 0 Å². The average Bonchev–Trinajstić information content (AvgIpc) is 3.47. The van der Waals surface area contributed by atoms with Crippen LogP contribution in [0.25, 0.3) is 0 Å². The van der Waals surface area contributed by atoms with Crippen molar-refractivity contribution in [2.24, 2.45) is 0 Å². The van der Waals surface area contributed by atoms with Gasteiger partial charge in [-0.3, -0.25) is 14.4 Å². The molecule has 0 rings (SSSR count). The van der Waals surface area contributed by atoms with Crippen LogP contribution in [0.3, 0.4) is 0 Å². The van der Waals surface area contributed by atoms with Crippen LogP contribution in [-0.2, 0) is 28.6 Å². The molecule has 0 fully saturated rings. The lowest BCUT2D eigenvalue weighted by Gasteiger charge is -2.18. The van der Waals surface area contributed by atoms with Gasteiger partial charge in [0, 0.05) is 19.3 Å². The van der Waals surface area contributed by atoms with Gasteiger partial charge >= 0.3 is 17.9 Å². The molecule has 0 spiro atoms. The first-order chi connectivity index (χ1) is 40.5. The smallest absolute Gasteiger partial charge is 0.306 e. The third kappa shape index (κ3) is 66.1. The molecule has 82 heavy (non-hydrogen) atoms. The van der Waals surface area contributed by atoms with Crippen molar-refractivity contribution in [2.75, 3.05) is 13.2 Å². The number of hydrogen-bond acceptors (Lipinski definition) is 6. The third-order valence-corrected chi connectivity index (χ3v) is 14.1. The number of allylic oxidation sites excluding steroid dienone is 24. The molecule has 0 aliphatic rings. The summed E-state index contributed by atoms with van der Waals surface area (Å²) in [6, 6.07) is 0. The Balaban J connectivity index is 4.44. The normalized spacial score (nSPS) is 13.1. The highest BCUT2D eigenvalue weighted by Crippen LogP contribution is 2.15. The van der Waals surface area contributed by atoms with E-state index in [2.05, 4.69) is 167 Å². The highest BCUT2D eigenvalue weighted by molar-refractivity contribution is 5.71. The van der Waals surface area contributed by atoms with Crippen molar-refractivity contribution in [1.29, 1.82) is 0 Å². The monoisotopic (exact) mass is 1130 g/mol. The molecule has 0 amide bonds. The number of carbonyl (C=O) groups is 3. The van der Waals surface area contributed by atoms with Gasteiger partial charge in [0.25, 0.3) is 0 Å². The molecule has 0 aromatic carbocycles.